The predicted molar refractivity (Wildman–Crippen MR) is 90.7 cm³/mol. The number of amides is 1. The number of nitrogens with zero attached hydrogens (tertiary/aromatic N) is 2. The van der Waals surface area contributed by atoms with Gasteiger partial charge in [-0.1, -0.05) is 36.4 Å². The number of benzene rings is 2. The molecular formula is C18H23N3O. The van der Waals surface area contributed by atoms with Crippen LogP contribution in [0.15, 0.2) is 60.7 Å². The average Bonchev–Trinajstić information content (AvgIpc) is 2.55. The van der Waals surface area contributed by atoms with E-state index in [0.29, 0.717) is 12.1 Å². The van der Waals surface area contributed by atoms with Gasteiger partial charge in [-0.15, -0.1) is 0 Å². The van der Waals surface area contributed by atoms with Crippen LogP contribution < -0.4 is 5.43 Å². The Morgan fingerprint density at radius 1 is 0.909 bits per heavy atom. The Hall–Kier alpha value is -2.33. The van der Waals surface area contributed by atoms with E-state index in [-0.39, 0.29) is 5.91 Å². The first-order chi connectivity index (χ1) is 10.7. The van der Waals surface area contributed by atoms with Crippen LogP contribution in [0.3, 0.4) is 0 Å². The number of hydrogen-bond acceptors (Lipinski definition) is 3. The van der Waals surface area contributed by atoms with Gasteiger partial charge in [0.15, 0.2) is 0 Å². The highest BCUT2D eigenvalue weighted by atomic mass is 16.2. The molecule has 0 saturated carbocycles. The summed E-state index contributed by atoms with van der Waals surface area (Å²) in [5.74, 6) is -0.0109. The van der Waals surface area contributed by atoms with Crippen molar-refractivity contribution < 1.29 is 4.79 Å². The molecule has 116 valence electrons. The lowest BCUT2D eigenvalue weighted by molar-refractivity contribution is 0.0789. The molecule has 0 atom stereocenters. The first kappa shape index (κ1) is 16.0. The second-order valence-corrected chi connectivity index (χ2v) is 5.46. The molecule has 1 amide bonds. The van der Waals surface area contributed by atoms with Gasteiger partial charge in [-0.2, -0.15) is 0 Å². The number of carbonyl (C=O) groups is 1. The number of rotatable bonds is 7. The molecule has 0 aliphatic carbocycles. The molecule has 1 N–H and O–H groups in total. The van der Waals surface area contributed by atoms with Crippen molar-refractivity contribution in [1.82, 2.24) is 9.91 Å². The topological polar surface area (TPSA) is 35.6 Å². The minimum Gasteiger partial charge on any atom is -0.309 e. The van der Waals surface area contributed by atoms with Gasteiger partial charge in [0.2, 0.25) is 0 Å². The van der Waals surface area contributed by atoms with Crippen LogP contribution in [0.25, 0.3) is 0 Å². The summed E-state index contributed by atoms with van der Waals surface area (Å²) in [6.45, 7) is 1.59. The summed E-state index contributed by atoms with van der Waals surface area (Å²) in [6.07, 6.45) is 0.908. The lowest BCUT2D eigenvalue weighted by Crippen LogP contribution is -2.38. The molecule has 0 spiro atoms. The highest BCUT2D eigenvalue weighted by Crippen LogP contribution is 2.11. The molecule has 0 fully saturated rings. The van der Waals surface area contributed by atoms with E-state index in [9.17, 15) is 4.79 Å². The van der Waals surface area contributed by atoms with E-state index in [0.717, 1.165) is 18.7 Å². The smallest absolute Gasteiger partial charge is 0.272 e. The summed E-state index contributed by atoms with van der Waals surface area (Å²) >= 11 is 0. The Morgan fingerprint density at radius 2 is 1.50 bits per heavy atom. The molecule has 0 saturated heterocycles. The monoisotopic (exact) mass is 297 g/mol. The number of anilines is 1. The second-order valence-electron chi connectivity index (χ2n) is 5.46. The maximum Gasteiger partial charge on any atom is 0.272 e. The highest BCUT2D eigenvalue weighted by Gasteiger charge is 2.15. The molecule has 4 nitrogen and oxygen atoms in total. The largest absolute Gasteiger partial charge is 0.309 e. The van der Waals surface area contributed by atoms with Crippen molar-refractivity contribution in [3.05, 3.63) is 66.2 Å². The number of nitrogens with one attached hydrogen (secondary N) is 1. The van der Waals surface area contributed by atoms with Crippen molar-refractivity contribution in [2.75, 3.05) is 32.6 Å². The quantitative estimate of drug-likeness (QED) is 0.798. The van der Waals surface area contributed by atoms with Gasteiger partial charge in [-0.25, -0.2) is 0 Å². The van der Waals surface area contributed by atoms with E-state index in [1.165, 1.54) is 0 Å². The molecule has 22 heavy (non-hydrogen) atoms. The van der Waals surface area contributed by atoms with Gasteiger partial charge < -0.3 is 4.90 Å². The lowest BCUT2D eigenvalue weighted by atomic mass is 10.2. The maximum absolute atomic E-state index is 12.7. The lowest BCUT2D eigenvalue weighted by Gasteiger charge is -2.25. The van der Waals surface area contributed by atoms with Gasteiger partial charge in [0.05, 0.1) is 5.69 Å². The van der Waals surface area contributed by atoms with E-state index in [1.807, 2.05) is 74.8 Å². The fraction of sp³-hybridized carbons (Fsp3) is 0.278. The van der Waals surface area contributed by atoms with E-state index in [4.69, 9.17) is 0 Å². The van der Waals surface area contributed by atoms with Crippen molar-refractivity contribution in [3.8, 4) is 0 Å². The van der Waals surface area contributed by atoms with Crippen LogP contribution in [0.4, 0.5) is 5.69 Å². The molecule has 2 aromatic rings. The van der Waals surface area contributed by atoms with Crippen LogP contribution in [0.1, 0.15) is 16.8 Å². The summed E-state index contributed by atoms with van der Waals surface area (Å²) in [5.41, 5.74) is 4.82. The number of para-hydroxylation sites is 1. The Kier molecular flexibility index (Phi) is 5.98. The molecule has 2 rings (SSSR count). The van der Waals surface area contributed by atoms with E-state index in [1.54, 1.807) is 5.01 Å². The summed E-state index contributed by atoms with van der Waals surface area (Å²) in [6, 6.07) is 19.1. The third kappa shape index (κ3) is 4.90. The fourth-order valence-electron chi connectivity index (χ4n) is 2.16. The van der Waals surface area contributed by atoms with Crippen molar-refractivity contribution in [3.63, 3.8) is 0 Å². The van der Waals surface area contributed by atoms with Gasteiger partial charge in [-0.05, 0) is 51.3 Å². The molecule has 0 radical (unpaired) electrons. The van der Waals surface area contributed by atoms with E-state index >= 15 is 0 Å². The molecule has 0 aliphatic heterocycles. The molecule has 0 heterocycles. The number of carbonyl (C=O) groups excluding carboxylic acids is 1. The molecular weight excluding hydrogens is 274 g/mol. The first-order valence-corrected chi connectivity index (χ1v) is 7.50. The van der Waals surface area contributed by atoms with Crippen molar-refractivity contribution in [2.24, 2.45) is 0 Å². The van der Waals surface area contributed by atoms with E-state index < -0.39 is 0 Å². The van der Waals surface area contributed by atoms with Crippen LogP contribution in [0.5, 0.6) is 0 Å². The average molecular weight is 297 g/mol. The van der Waals surface area contributed by atoms with Crippen LogP contribution in [-0.2, 0) is 0 Å². The molecule has 4 heteroatoms. The zero-order valence-corrected chi connectivity index (χ0v) is 13.2. The standard InChI is InChI=1S/C18H23N3O/c1-20(2)14-9-15-21(19-17-12-7-4-8-13-17)18(22)16-10-5-3-6-11-16/h3-8,10-13,19H,9,14-15H2,1-2H3. The Labute approximate surface area is 132 Å². The SMILES string of the molecule is CN(C)CCCN(Nc1ccccc1)C(=O)c1ccccc1. The highest BCUT2D eigenvalue weighted by molar-refractivity contribution is 5.94. The van der Waals surface area contributed by atoms with Gasteiger partial charge in [0.1, 0.15) is 0 Å². The van der Waals surface area contributed by atoms with Crippen molar-refractivity contribution >= 4 is 11.6 Å². The molecule has 0 aromatic heterocycles. The van der Waals surface area contributed by atoms with Gasteiger partial charge in [-0.3, -0.25) is 15.2 Å². The second kappa shape index (κ2) is 8.20. The molecule has 0 bridgehead atoms. The number of hydrogen-bond donors (Lipinski definition) is 1. The normalized spacial score (nSPS) is 10.5. The van der Waals surface area contributed by atoms with Crippen LogP contribution >= 0.6 is 0 Å². The summed E-state index contributed by atoms with van der Waals surface area (Å²) < 4.78 is 0. The minimum atomic E-state index is -0.0109. The van der Waals surface area contributed by atoms with Crippen molar-refractivity contribution in [1.29, 1.82) is 0 Å². The van der Waals surface area contributed by atoms with E-state index in [2.05, 4.69) is 10.3 Å². The zero-order chi connectivity index (χ0) is 15.8. The van der Waals surface area contributed by atoms with Crippen molar-refractivity contribution in [2.45, 2.75) is 6.42 Å². The summed E-state index contributed by atoms with van der Waals surface area (Å²) in [4.78, 5) is 14.8. The first-order valence-electron chi connectivity index (χ1n) is 7.50. The van der Waals surface area contributed by atoms with Gasteiger partial charge in [0, 0.05) is 12.1 Å². The fourth-order valence-corrected chi connectivity index (χ4v) is 2.16. The predicted octanol–water partition coefficient (Wildman–Crippen LogP) is 3.11. The molecule has 0 unspecified atom stereocenters. The zero-order valence-electron chi connectivity index (χ0n) is 13.2. The maximum atomic E-state index is 12.7. The molecule has 0 aliphatic rings. The Bertz CT molecular complexity index is 569. The third-order valence-electron chi connectivity index (χ3n) is 3.29. The van der Waals surface area contributed by atoms with Gasteiger partial charge in [0.25, 0.3) is 5.91 Å². The van der Waals surface area contributed by atoms with Gasteiger partial charge >= 0.3 is 0 Å². The summed E-state index contributed by atoms with van der Waals surface area (Å²) in [7, 11) is 4.07. The Morgan fingerprint density at radius 3 is 2.09 bits per heavy atom. The third-order valence-corrected chi connectivity index (χ3v) is 3.29. The van der Waals surface area contributed by atoms with Crippen LogP contribution in [0, 0.1) is 0 Å². The van der Waals surface area contributed by atoms with Crippen LogP contribution in [0.2, 0.25) is 0 Å². The minimum absolute atomic E-state index is 0.0109. The Balaban J connectivity index is 2.08. The number of hydrazine groups is 1. The molecule has 2 aromatic carbocycles. The summed E-state index contributed by atoms with van der Waals surface area (Å²) in [5, 5.41) is 1.69. The van der Waals surface area contributed by atoms with Crippen LogP contribution in [-0.4, -0.2) is 43.0 Å².